The van der Waals surface area contributed by atoms with Crippen LogP contribution in [0.4, 0.5) is 0 Å². The van der Waals surface area contributed by atoms with Gasteiger partial charge in [-0.25, -0.2) is 0 Å². The van der Waals surface area contributed by atoms with Gasteiger partial charge < -0.3 is 20.3 Å². The second kappa shape index (κ2) is 81.8. The van der Waals surface area contributed by atoms with E-state index < -0.39 is 12.1 Å². The summed E-state index contributed by atoms with van der Waals surface area (Å²) in [7, 11) is 0. The van der Waals surface area contributed by atoms with Crippen LogP contribution in [0.15, 0.2) is 24.3 Å². The Labute approximate surface area is 577 Å². The van der Waals surface area contributed by atoms with Crippen molar-refractivity contribution in [3.8, 4) is 0 Å². The molecule has 2 unspecified atom stereocenters. The normalized spacial score (nSPS) is 12.5. The molecule has 92 heavy (non-hydrogen) atoms. The molecule has 6 nitrogen and oxygen atoms in total. The van der Waals surface area contributed by atoms with Crippen LogP contribution < -0.4 is 5.32 Å². The van der Waals surface area contributed by atoms with E-state index in [1.54, 1.807) is 6.08 Å². The first kappa shape index (κ1) is 90.3. The summed E-state index contributed by atoms with van der Waals surface area (Å²) < 4.78 is 5.52. The highest BCUT2D eigenvalue weighted by molar-refractivity contribution is 5.76. The van der Waals surface area contributed by atoms with Crippen molar-refractivity contribution in [3.63, 3.8) is 0 Å². The number of allylic oxidation sites excluding steroid dienone is 3. The van der Waals surface area contributed by atoms with Gasteiger partial charge in [-0.05, 0) is 57.8 Å². The molecule has 0 aliphatic carbocycles. The number of hydrogen-bond donors (Lipinski definition) is 3. The Hall–Kier alpha value is -1.66. The first-order valence-corrected chi connectivity index (χ1v) is 42.6. The molecular formula is C86H167NO5. The largest absolute Gasteiger partial charge is 0.466 e. The van der Waals surface area contributed by atoms with Gasteiger partial charge in [-0.3, -0.25) is 9.59 Å². The fraction of sp³-hybridized carbons (Fsp3) is 0.930. The Bertz CT molecular complexity index is 1450. The van der Waals surface area contributed by atoms with E-state index in [4.69, 9.17) is 4.74 Å². The second-order valence-corrected chi connectivity index (χ2v) is 29.5. The topological polar surface area (TPSA) is 95.9 Å². The molecule has 6 heteroatoms. The van der Waals surface area contributed by atoms with Gasteiger partial charge in [-0.1, -0.05) is 443 Å². The minimum atomic E-state index is -0.843. The van der Waals surface area contributed by atoms with Crippen molar-refractivity contribution in [1.29, 1.82) is 0 Å². The van der Waals surface area contributed by atoms with Crippen molar-refractivity contribution in [3.05, 3.63) is 24.3 Å². The third-order valence-electron chi connectivity index (χ3n) is 20.2. The van der Waals surface area contributed by atoms with Gasteiger partial charge >= 0.3 is 5.97 Å². The number of amides is 1. The number of nitrogens with one attached hydrogen (secondary N) is 1. The standard InChI is InChI=1S/C86H167NO5/c1-3-5-7-9-11-13-15-17-19-21-23-39-43-46-50-54-58-62-66-70-74-78-84(89)83(82-88)87-85(90)79-75-71-67-63-59-55-51-47-44-40-37-35-33-31-29-27-25-24-26-28-30-32-34-36-38-41-45-49-53-57-61-65-69-73-77-81-92-86(91)80-76-72-68-64-60-56-52-48-42-22-20-18-16-14-12-10-8-6-4-2/h26,28,74,78,83-84,88-89H,3-25,27,29-73,75-77,79-82H2,1-2H3,(H,87,90)/b28-26-,78-74+. The number of carbonyl (C=O) groups is 2. The fourth-order valence-corrected chi connectivity index (χ4v) is 13.8. The maximum absolute atomic E-state index is 12.5. The van der Waals surface area contributed by atoms with Crippen molar-refractivity contribution in [1.82, 2.24) is 5.32 Å². The van der Waals surface area contributed by atoms with Crippen LogP contribution in [0.25, 0.3) is 0 Å². The van der Waals surface area contributed by atoms with E-state index in [0.717, 1.165) is 38.5 Å². The predicted octanol–water partition coefficient (Wildman–Crippen LogP) is 28.4. The zero-order valence-electron chi connectivity index (χ0n) is 62.8. The van der Waals surface area contributed by atoms with E-state index in [2.05, 4.69) is 31.3 Å². The summed E-state index contributed by atoms with van der Waals surface area (Å²) in [4.78, 5) is 24.7. The summed E-state index contributed by atoms with van der Waals surface area (Å²) in [6.45, 7) is 4.97. The molecule has 546 valence electrons. The van der Waals surface area contributed by atoms with E-state index >= 15 is 0 Å². The molecule has 2 atom stereocenters. The molecular weight excluding hydrogens is 1130 g/mol. The Balaban J connectivity index is 3.34. The third kappa shape index (κ3) is 77.3. The average molecular weight is 1300 g/mol. The molecule has 0 saturated heterocycles. The SMILES string of the molecule is CCCCCCCCCCCCCCCCCCCCC/C=C/C(O)C(CO)NC(=O)CCCCCCCCCCCCCCCCCCC/C=C\CCCCCCCCCCCCCCCCOC(=O)CCCCCCCCCCCCCCCCCCCCC. The zero-order valence-corrected chi connectivity index (χ0v) is 62.8. The van der Waals surface area contributed by atoms with E-state index in [9.17, 15) is 19.8 Å². The molecule has 3 N–H and O–H groups in total. The van der Waals surface area contributed by atoms with Gasteiger partial charge in [-0.15, -0.1) is 0 Å². The van der Waals surface area contributed by atoms with Gasteiger partial charge in [0.1, 0.15) is 0 Å². The van der Waals surface area contributed by atoms with Gasteiger partial charge in [0.05, 0.1) is 25.4 Å². The molecule has 0 rings (SSSR count). The lowest BCUT2D eigenvalue weighted by atomic mass is 10.0. The minimum absolute atomic E-state index is 0.0260. The van der Waals surface area contributed by atoms with Crippen LogP contribution in [-0.4, -0.2) is 47.4 Å². The summed E-state index contributed by atoms with van der Waals surface area (Å²) in [6.07, 6.45) is 106. The summed E-state index contributed by atoms with van der Waals surface area (Å²) >= 11 is 0. The predicted molar refractivity (Wildman–Crippen MR) is 407 cm³/mol. The number of unbranched alkanes of at least 4 members (excludes halogenated alkanes) is 68. The maximum Gasteiger partial charge on any atom is 0.305 e. The van der Waals surface area contributed by atoms with Gasteiger partial charge in [-0.2, -0.15) is 0 Å². The number of carbonyl (C=O) groups excluding carboxylic acids is 2. The van der Waals surface area contributed by atoms with Crippen LogP contribution in [-0.2, 0) is 14.3 Å². The number of rotatable bonds is 81. The number of hydrogen-bond acceptors (Lipinski definition) is 5. The molecule has 1 amide bonds. The third-order valence-corrected chi connectivity index (χ3v) is 20.2. The Morgan fingerprint density at radius 3 is 0.772 bits per heavy atom. The second-order valence-electron chi connectivity index (χ2n) is 29.5. The molecule has 0 bridgehead atoms. The van der Waals surface area contributed by atoms with Gasteiger partial charge in [0.25, 0.3) is 0 Å². The first-order valence-electron chi connectivity index (χ1n) is 42.6. The van der Waals surface area contributed by atoms with E-state index in [-0.39, 0.29) is 18.5 Å². The fourth-order valence-electron chi connectivity index (χ4n) is 13.8. The Morgan fingerprint density at radius 1 is 0.293 bits per heavy atom. The minimum Gasteiger partial charge on any atom is -0.466 e. The lowest BCUT2D eigenvalue weighted by molar-refractivity contribution is -0.143. The molecule has 0 aromatic rings. The van der Waals surface area contributed by atoms with Crippen LogP contribution in [0.2, 0.25) is 0 Å². The number of ether oxygens (including phenoxy) is 1. The highest BCUT2D eigenvalue weighted by atomic mass is 16.5. The Kier molecular flexibility index (Phi) is 80.3. The highest BCUT2D eigenvalue weighted by Gasteiger charge is 2.18. The molecule has 0 aromatic carbocycles. The number of esters is 1. The van der Waals surface area contributed by atoms with Crippen LogP contribution in [0.3, 0.4) is 0 Å². The molecule has 0 saturated carbocycles. The van der Waals surface area contributed by atoms with Gasteiger partial charge in [0.15, 0.2) is 0 Å². The van der Waals surface area contributed by atoms with Gasteiger partial charge in [0.2, 0.25) is 5.91 Å². The lowest BCUT2D eigenvalue weighted by Crippen LogP contribution is -2.45. The zero-order chi connectivity index (χ0) is 66.3. The summed E-state index contributed by atoms with van der Waals surface area (Å²) in [5, 5.41) is 23.3. The van der Waals surface area contributed by atoms with Gasteiger partial charge in [0, 0.05) is 12.8 Å². The monoisotopic (exact) mass is 1290 g/mol. The average Bonchev–Trinajstić information content (AvgIpc) is 3.63. The lowest BCUT2D eigenvalue weighted by Gasteiger charge is -2.20. The van der Waals surface area contributed by atoms with Crippen molar-refractivity contribution >= 4 is 11.9 Å². The quantitative estimate of drug-likeness (QED) is 0.0320. The van der Waals surface area contributed by atoms with E-state index in [1.807, 2.05) is 6.08 Å². The Morgan fingerprint density at radius 2 is 0.511 bits per heavy atom. The molecule has 0 aromatic heterocycles. The van der Waals surface area contributed by atoms with Crippen LogP contribution in [0, 0.1) is 0 Å². The maximum atomic E-state index is 12.5. The van der Waals surface area contributed by atoms with Crippen molar-refractivity contribution < 1.29 is 24.5 Å². The number of aliphatic hydroxyl groups is 2. The van der Waals surface area contributed by atoms with Crippen LogP contribution in [0.5, 0.6) is 0 Å². The summed E-state index contributed by atoms with van der Waals surface area (Å²) in [5.41, 5.74) is 0. The molecule has 0 fully saturated rings. The van der Waals surface area contributed by atoms with Crippen molar-refractivity contribution in [2.75, 3.05) is 13.2 Å². The molecule has 0 heterocycles. The van der Waals surface area contributed by atoms with Crippen LogP contribution >= 0.6 is 0 Å². The van der Waals surface area contributed by atoms with E-state index in [0.29, 0.717) is 19.4 Å². The van der Waals surface area contributed by atoms with Crippen LogP contribution in [0.1, 0.15) is 489 Å². The molecule has 0 spiro atoms. The highest BCUT2D eigenvalue weighted by Crippen LogP contribution is 2.21. The van der Waals surface area contributed by atoms with Crippen molar-refractivity contribution in [2.45, 2.75) is 501 Å². The summed E-state index contributed by atoms with van der Waals surface area (Å²) in [6, 6.07) is -0.626. The van der Waals surface area contributed by atoms with Crippen molar-refractivity contribution in [2.24, 2.45) is 0 Å². The smallest absolute Gasteiger partial charge is 0.305 e. The molecule has 0 aliphatic heterocycles. The summed E-state index contributed by atoms with van der Waals surface area (Å²) in [5.74, 6) is -0.0332. The molecule has 0 radical (unpaired) electrons. The first-order chi connectivity index (χ1) is 45.5. The number of aliphatic hydroxyl groups excluding tert-OH is 2. The molecule has 0 aliphatic rings. The van der Waals surface area contributed by atoms with E-state index in [1.165, 1.54) is 424 Å².